The second kappa shape index (κ2) is 13.2. The largest absolute Gasteiger partial charge is 0.480 e. The van der Waals surface area contributed by atoms with Crippen molar-refractivity contribution in [1.29, 1.82) is 0 Å². The highest BCUT2D eigenvalue weighted by Gasteiger charge is 2.30. The SMILES string of the molecule is CC(C)COC(=O)NC(CNC(=O)[C@@H]1CCCN(C(=O)CCC2CCNCC2)C1)C(=O)O. The van der Waals surface area contributed by atoms with Gasteiger partial charge < -0.3 is 30.7 Å². The lowest BCUT2D eigenvalue weighted by atomic mass is 9.92. The highest BCUT2D eigenvalue weighted by molar-refractivity contribution is 5.83. The fourth-order valence-electron chi connectivity index (χ4n) is 4.05. The first-order valence-corrected chi connectivity index (χ1v) is 11.7. The minimum absolute atomic E-state index is 0.0824. The molecule has 2 fully saturated rings. The second-order valence-corrected chi connectivity index (χ2v) is 9.18. The molecule has 182 valence electrons. The standard InChI is InChI=1S/C22H38N4O6/c1-15(2)14-32-22(31)25-18(21(29)30)12-24-20(28)17-4-3-11-26(13-17)19(27)6-5-16-7-9-23-10-8-16/h15-18,23H,3-14H2,1-2H3,(H,24,28)(H,25,31)(H,29,30)/t17-,18?/m1/s1. The van der Waals surface area contributed by atoms with E-state index >= 15 is 0 Å². The Balaban J connectivity index is 1.76. The first-order chi connectivity index (χ1) is 15.3. The van der Waals surface area contributed by atoms with Gasteiger partial charge in [0.25, 0.3) is 0 Å². The molecule has 0 bridgehead atoms. The number of nitrogens with zero attached hydrogens (tertiary/aromatic N) is 1. The predicted octanol–water partition coefficient (Wildman–Crippen LogP) is 0.956. The topological polar surface area (TPSA) is 137 Å². The molecule has 0 aromatic rings. The van der Waals surface area contributed by atoms with Crippen LogP contribution in [0.25, 0.3) is 0 Å². The summed E-state index contributed by atoms with van der Waals surface area (Å²) in [6, 6.07) is -1.29. The highest BCUT2D eigenvalue weighted by Crippen LogP contribution is 2.21. The molecule has 2 atom stereocenters. The molecule has 2 aliphatic rings. The van der Waals surface area contributed by atoms with Crippen molar-refractivity contribution < 1.29 is 29.0 Å². The Labute approximate surface area is 189 Å². The third kappa shape index (κ3) is 9.02. The lowest BCUT2D eigenvalue weighted by molar-refractivity contribution is -0.139. The van der Waals surface area contributed by atoms with Crippen molar-refractivity contribution in [3.05, 3.63) is 0 Å². The Hall–Kier alpha value is -2.36. The van der Waals surface area contributed by atoms with Gasteiger partial charge in [0.05, 0.1) is 12.5 Å². The number of carboxylic acid groups (broad SMARTS) is 1. The summed E-state index contributed by atoms with van der Waals surface area (Å²) in [5, 5.41) is 17.5. The molecule has 3 amide bonds. The van der Waals surface area contributed by atoms with Gasteiger partial charge in [-0.05, 0) is 57.0 Å². The quantitative estimate of drug-likeness (QED) is 0.386. The van der Waals surface area contributed by atoms with Gasteiger partial charge >= 0.3 is 12.1 Å². The lowest BCUT2D eigenvalue weighted by Gasteiger charge is -2.33. The van der Waals surface area contributed by atoms with E-state index in [1.807, 2.05) is 13.8 Å². The number of rotatable bonds is 10. The molecule has 0 aliphatic carbocycles. The average molecular weight is 455 g/mol. The van der Waals surface area contributed by atoms with Gasteiger partial charge in [-0.15, -0.1) is 0 Å². The minimum Gasteiger partial charge on any atom is -0.480 e. The third-order valence-electron chi connectivity index (χ3n) is 5.99. The first-order valence-electron chi connectivity index (χ1n) is 11.7. The van der Waals surface area contributed by atoms with Gasteiger partial charge in [-0.1, -0.05) is 13.8 Å². The Morgan fingerprint density at radius 3 is 2.53 bits per heavy atom. The number of aliphatic carboxylic acids is 1. The second-order valence-electron chi connectivity index (χ2n) is 9.18. The highest BCUT2D eigenvalue weighted by atomic mass is 16.5. The van der Waals surface area contributed by atoms with Crippen LogP contribution in [0.1, 0.15) is 52.4 Å². The number of amides is 3. The van der Waals surface area contributed by atoms with E-state index in [1.54, 1.807) is 4.90 Å². The van der Waals surface area contributed by atoms with Crippen LogP contribution in [-0.4, -0.2) is 79.3 Å². The van der Waals surface area contributed by atoms with Crippen molar-refractivity contribution in [2.24, 2.45) is 17.8 Å². The van der Waals surface area contributed by atoms with Crippen molar-refractivity contribution in [2.45, 2.75) is 58.4 Å². The third-order valence-corrected chi connectivity index (χ3v) is 5.99. The van der Waals surface area contributed by atoms with Gasteiger partial charge in [0.2, 0.25) is 11.8 Å². The number of carbonyl (C=O) groups is 4. The van der Waals surface area contributed by atoms with E-state index < -0.39 is 18.1 Å². The zero-order valence-electron chi connectivity index (χ0n) is 19.2. The molecule has 0 spiro atoms. The summed E-state index contributed by atoms with van der Waals surface area (Å²) < 4.78 is 4.94. The summed E-state index contributed by atoms with van der Waals surface area (Å²) in [4.78, 5) is 50.2. The molecular formula is C22H38N4O6. The lowest BCUT2D eigenvalue weighted by Crippen LogP contribution is -2.51. The molecule has 1 unspecified atom stereocenters. The van der Waals surface area contributed by atoms with Crippen LogP contribution in [0.3, 0.4) is 0 Å². The van der Waals surface area contributed by atoms with Gasteiger partial charge in [-0.3, -0.25) is 9.59 Å². The van der Waals surface area contributed by atoms with Crippen molar-refractivity contribution in [3.63, 3.8) is 0 Å². The average Bonchev–Trinajstić information content (AvgIpc) is 2.79. The molecule has 4 N–H and O–H groups in total. The van der Waals surface area contributed by atoms with Crippen LogP contribution < -0.4 is 16.0 Å². The van der Waals surface area contributed by atoms with Gasteiger partial charge in [-0.25, -0.2) is 9.59 Å². The number of carboxylic acids is 1. The molecular weight excluding hydrogens is 416 g/mol. The minimum atomic E-state index is -1.29. The van der Waals surface area contributed by atoms with Crippen molar-refractivity contribution in [3.8, 4) is 0 Å². The summed E-state index contributed by atoms with van der Waals surface area (Å²) in [5.74, 6) is -1.15. The van der Waals surface area contributed by atoms with E-state index in [0.29, 0.717) is 31.8 Å². The molecule has 2 saturated heterocycles. The van der Waals surface area contributed by atoms with E-state index in [4.69, 9.17) is 4.74 Å². The Kier molecular flexibility index (Phi) is 10.7. The number of carbonyl (C=O) groups excluding carboxylic acids is 3. The summed E-state index contributed by atoms with van der Waals surface area (Å²) in [7, 11) is 0. The molecule has 10 nitrogen and oxygen atoms in total. The van der Waals surface area contributed by atoms with Crippen LogP contribution >= 0.6 is 0 Å². The zero-order chi connectivity index (χ0) is 23.5. The maximum atomic E-state index is 12.6. The molecule has 0 aromatic heterocycles. The molecule has 0 radical (unpaired) electrons. The van der Waals surface area contributed by atoms with Gasteiger partial charge in [0.1, 0.15) is 6.04 Å². The Morgan fingerprint density at radius 1 is 1.16 bits per heavy atom. The number of likely N-dealkylation sites (tertiary alicyclic amines) is 1. The normalized spacial score (nSPS) is 20.5. The fraction of sp³-hybridized carbons (Fsp3) is 0.818. The molecule has 32 heavy (non-hydrogen) atoms. The fourth-order valence-corrected chi connectivity index (χ4v) is 4.05. The summed E-state index contributed by atoms with van der Waals surface area (Å²) in [6.07, 6.45) is 4.13. The summed E-state index contributed by atoms with van der Waals surface area (Å²) in [5.41, 5.74) is 0. The number of hydrogen-bond donors (Lipinski definition) is 4. The maximum absolute atomic E-state index is 12.6. The number of ether oxygens (including phenoxy) is 1. The summed E-state index contributed by atoms with van der Waals surface area (Å²) >= 11 is 0. The van der Waals surface area contributed by atoms with Gasteiger partial charge in [0, 0.05) is 26.1 Å². The van der Waals surface area contributed by atoms with Crippen molar-refractivity contribution in [1.82, 2.24) is 20.9 Å². The van der Waals surface area contributed by atoms with Crippen molar-refractivity contribution in [2.75, 3.05) is 39.3 Å². The van der Waals surface area contributed by atoms with Crippen molar-refractivity contribution >= 4 is 23.9 Å². The van der Waals surface area contributed by atoms with E-state index in [2.05, 4.69) is 16.0 Å². The Bertz CT molecular complexity index is 650. The monoisotopic (exact) mass is 454 g/mol. The molecule has 0 saturated carbocycles. The number of nitrogens with one attached hydrogen (secondary N) is 3. The zero-order valence-corrected chi connectivity index (χ0v) is 19.2. The van der Waals surface area contributed by atoms with Crippen LogP contribution in [0.4, 0.5) is 4.79 Å². The maximum Gasteiger partial charge on any atom is 0.407 e. The van der Waals surface area contributed by atoms with Crippen LogP contribution in [0.15, 0.2) is 0 Å². The van der Waals surface area contributed by atoms with Crippen LogP contribution in [-0.2, 0) is 19.1 Å². The number of hydrogen-bond acceptors (Lipinski definition) is 6. The van der Waals surface area contributed by atoms with E-state index in [9.17, 15) is 24.3 Å². The van der Waals surface area contributed by atoms with Crippen LogP contribution in [0.5, 0.6) is 0 Å². The first kappa shape index (κ1) is 25.9. The van der Waals surface area contributed by atoms with E-state index in [0.717, 1.165) is 38.8 Å². The number of piperidine rings is 2. The predicted molar refractivity (Wildman–Crippen MR) is 118 cm³/mol. The Morgan fingerprint density at radius 2 is 1.88 bits per heavy atom. The molecule has 2 aliphatic heterocycles. The molecule has 2 heterocycles. The van der Waals surface area contributed by atoms with E-state index in [1.165, 1.54) is 0 Å². The molecule has 10 heteroatoms. The molecule has 0 aromatic carbocycles. The van der Waals surface area contributed by atoms with Crippen LogP contribution in [0.2, 0.25) is 0 Å². The van der Waals surface area contributed by atoms with E-state index in [-0.39, 0.29) is 36.8 Å². The van der Waals surface area contributed by atoms with Gasteiger partial charge in [-0.2, -0.15) is 0 Å². The molecule has 2 rings (SSSR count). The number of alkyl carbamates (subject to hydrolysis) is 1. The van der Waals surface area contributed by atoms with Gasteiger partial charge in [0.15, 0.2) is 0 Å². The summed E-state index contributed by atoms with van der Waals surface area (Å²) in [6.45, 7) is 6.67. The smallest absolute Gasteiger partial charge is 0.407 e. The van der Waals surface area contributed by atoms with Crippen LogP contribution in [0, 0.1) is 17.8 Å².